The van der Waals surface area contributed by atoms with Gasteiger partial charge in [0.15, 0.2) is 6.61 Å². The molecule has 0 bridgehead atoms. The molecule has 35 heavy (non-hydrogen) atoms. The third-order valence-electron chi connectivity index (χ3n) is 7.86. The number of hydrogen-bond donors (Lipinski definition) is 0. The zero-order chi connectivity index (χ0) is 24.4. The number of thiophene rings is 1. The number of likely N-dealkylation sites (tertiary alicyclic amines) is 3. The number of aryl methyl sites for hydroxylation is 1. The van der Waals surface area contributed by atoms with E-state index in [0.717, 1.165) is 48.5 Å². The average Bonchev–Trinajstić information content (AvgIpc) is 3.60. The fraction of sp³-hybridized carbons (Fsp3) is 0.519. The number of ether oxygens (including phenoxy) is 1. The number of para-hydroxylation sites is 1. The van der Waals surface area contributed by atoms with E-state index >= 15 is 0 Å². The molecule has 1 aromatic heterocycles. The number of rotatable bonds is 6. The van der Waals surface area contributed by atoms with E-state index < -0.39 is 0 Å². The molecule has 8 heteroatoms. The zero-order valence-corrected chi connectivity index (χ0v) is 21.1. The molecule has 2 aromatic rings. The second kappa shape index (κ2) is 10.0. The Balaban J connectivity index is 1.09. The van der Waals surface area contributed by atoms with E-state index in [1.165, 1.54) is 0 Å². The van der Waals surface area contributed by atoms with Crippen LogP contribution in [-0.2, 0) is 20.9 Å². The van der Waals surface area contributed by atoms with Crippen molar-refractivity contribution in [2.75, 3.05) is 39.3 Å². The Morgan fingerprint density at radius 3 is 2.51 bits per heavy atom. The molecule has 1 aromatic carbocycles. The maximum absolute atomic E-state index is 13.3. The number of carbonyl (C=O) groups excluding carboxylic acids is 3. The highest BCUT2D eigenvalue weighted by Gasteiger charge is 2.45. The van der Waals surface area contributed by atoms with Crippen molar-refractivity contribution in [3.05, 3.63) is 52.2 Å². The van der Waals surface area contributed by atoms with Crippen molar-refractivity contribution < 1.29 is 19.1 Å². The first kappa shape index (κ1) is 23.9. The highest BCUT2D eigenvalue weighted by molar-refractivity contribution is 7.09. The molecule has 0 aliphatic carbocycles. The highest BCUT2D eigenvalue weighted by Crippen LogP contribution is 2.41. The predicted octanol–water partition coefficient (Wildman–Crippen LogP) is 3.33. The van der Waals surface area contributed by atoms with Crippen LogP contribution >= 0.6 is 11.3 Å². The lowest BCUT2D eigenvalue weighted by Gasteiger charge is -2.39. The van der Waals surface area contributed by atoms with Crippen molar-refractivity contribution in [3.8, 4) is 5.75 Å². The van der Waals surface area contributed by atoms with E-state index in [2.05, 4.69) is 0 Å². The number of amides is 3. The van der Waals surface area contributed by atoms with E-state index in [4.69, 9.17) is 4.74 Å². The highest BCUT2D eigenvalue weighted by atomic mass is 32.1. The van der Waals surface area contributed by atoms with Crippen LogP contribution in [0.5, 0.6) is 5.75 Å². The normalized spacial score (nSPS) is 21.7. The molecule has 5 rings (SSSR count). The Bertz CT molecular complexity index is 1080. The van der Waals surface area contributed by atoms with Crippen LogP contribution in [0.15, 0.2) is 41.8 Å². The van der Waals surface area contributed by atoms with Crippen molar-refractivity contribution in [1.82, 2.24) is 14.7 Å². The number of carbonyl (C=O) groups is 3. The minimum Gasteiger partial charge on any atom is -0.484 e. The third kappa shape index (κ3) is 5.22. The van der Waals surface area contributed by atoms with Gasteiger partial charge in [-0.05, 0) is 54.7 Å². The Labute approximate surface area is 210 Å². The van der Waals surface area contributed by atoms with Crippen LogP contribution in [0.25, 0.3) is 0 Å². The molecular weight excluding hydrogens is 462 g/mol. The quantitative estimate of drug-likeness (QED) is 0.617. The standard InChI is InChI=1S/C27H33N3O4S/c1-20-5-2-3-7-23(20)34-18-25(32)28-11-8-27(9-12-28)10-13-29(19-27)26(33)21-15-24(31)30(16-21)17-22-6-4-14-35-22/h2-7,14,21H,8-13,15-19H2,1H3. The Hall–Kier alpha value is -2.87. The van der Waals surface area contributed by atoms with Crippen LogP contribution in [0.4, 0.5) is 0 Å². The molecule has 3 saturated heterocycles. The Morgan fingerprint density at radius 1 is 1.06 bits per heavy atom. The molecule has 3 fully saturated rings. The SMILES string of the molecule is Cc1ccccc1OCC(=O)N1CCC2(CC1)CCN(C(=O)C1CC(=O)N(Cc3cccs3)C1)C2. The van der Waals surface area contributed by atoms with Crippen LogP contribution in [0, 0.1) is 18.3 Å². The van der Waals surface area contributed by atoms with Gasteiger partial charge in [0.2, 0.25) is 11.8 Å². The van der Waals surface area contributed by atoms with Gasteiger partial charge in [-0.1, -0.05) is 24.3 Å². The van der Waals surface area contributed by atoms with Crippen LogP contribution in [0.1, 0.15) is 36.1 Å². The van der Waals surface area contributed by atoms with Gasteiger partial charge in [-0.25, -0.2) is 0 Å². The molecule has 3 amide bonds. The first-order chi connectivity index (χ1) is 16.9. The van der Waals surface area contributed by atoms with Crippen molar-refractivity contribution in [2.45, 2.75) is 39.2 Å². The first-order valence-electron chi connectivity index (χ1n) is 12.5. The molecule has 1 unspecified atom stereocenters. The van der Waals surface area contributed by atoms with E-state index in [1.54, 1.807) is 11.3 Å². The van der Waals surface area contributed by atoms with Crippen LogP contribution in [-0.4, -0.2) is 71.8 Å². The topological polar surface area (TPSA) is 70.2 Å². The smallest absolute Gasteiger partial charge is 0.260 e. The molecule has 0 N–H and O–H groups in total. The zero-order valence-electron chi connectivity index (χ0n) is 20.3. The average molecular weight is 496 g/mol. The summed E-state index contributed by atoms with van der Waals surface area (Å²) in [7, 11) is 0. The van der Waals surface area contributed by atoms with Gasteiger partial charge in [0.25, 0.3) is 5.91 Å². The Morgan fingerprint density at radius 2 is 1.80 bits per heavy atom. The monoisotopic (exact) mass is 495 g/mol. The fourth-order valence-corrected chi connectivity index (χ4v) is 6.37. The summed E-state index contributed by atoms with van der Waals surface area (Å²) in [6.45, 7) is 6.04. The second-order valence-corrected chi connectivity index (χ2v) is 11.2. The van der Waals surface area contributed by atoms with E-state index in [9.17, 15) is 14.4 Å². The molecule has 3 aliphatic rings. The summed E-state index contributed by atoms with van der Waals surface area (Å²) in [5, 5.41) is 2.01. The van der Waals surface area contributed by atoms with Gasteiger partial charge in [-0.15, -0.1) is 11.3 Å². The van der Waals surface area contributed by atoms with Gasteiger partial charge in [-0.3, -0.25) is 14.4 Å². The number of nitrogens with zero attached hydrogens (tertiary/aromatic N) is 3. The Kier molecular flexibility index (Phi) is 6.82. The van der Waals surface area contributed by atoms with Crippen molar-refractivity contribution in [2.24, 2.45) is 11.3 Å². The second-order valence-electron chi connectivity index (χ2n) is 10.2. The fourth-order valence-electron chi connectivity index (χ4n) is 5.65. The minimum atomic E-state index is -0.238. The van der Waals surface area contributed by atoms with Gasteiger partial charge >= 0.3 is 0 Å². The summed E-state index contributed by atoms with van der Waals surface area (Å²) in [6, 6.07) is 11.7. The van der Waals surface area contributed by atoms with E-state index in [-0.39, 0.29) is 35.7 Å². The van der Waals surface area contributed by atoms with Gasteiger partial charge in [-0.2, -0.15) is 0 Å². The van der Waals surface area contributed by atoms with Crippen LogP contribution in [0.2, 0.25) is 0 Å². The molecule has 1 spiro atoms. The van der Waals surface area contributed by atoms with Gasteiger partial charge in [0.05, 0.1) is 12.5 Å². The number of hydrogen-bond acceptors (Lipinski definition) is 5. The molecule has 0 radical (unpaired) electrons. The first-order valence-corrected chi connectivity index (χ1v) is 13.4. The predicted molar refractivity (Wildman–Crippen MR) is 134 cm³/mol. The van der Waals surface area contributed by atoms with Gasteiger partial charge in [0.1, 0.15) is 5.75 Å². The summed E-state index contributed by atoms with van der Waals surface area (Å²) >= 11 is 1.64. The van der Waals surface area contributed by atoms with E-state index in [0.29, 0.717) is 32.6 Å². The van der Waals surface area contributed by atoms with E-state index in [1.807, 2.05) is 63.4 Å². The summed E-state index contributed by atoms with van der Waals surface area (Å²) in [5.74, 6) is 0.722. The molecule has 3 aliphatic heterocycles. The summed E-state index contributed by atoms with van der Waals surface area (Å²) in [4.78, 5) is 45.3. The number of benzene rings is 1. The third-order valence-corrected chi connectivity index (χ3v) is 8.72. The summed E-state index contributed by atoms with van der Waals surface area (Å²) in [6.07, 6.45) is 3.10. The van der Waals surface area contributed by atoms with Crippen molar-refractivity contribution in [3.63, 3.8) is 0 Å². The minimum absolute atomic E-state index is 0.0179. The lowest BCUT2D eigenvalue weighted by Crippen LogP contribution is -2.46. The molecule has 186 valence electrons. The van der Waals surface area contributed by atoms with Crippen molar-refractivity contribution in [1.29, 1.82) is 0 Å². The molecule has 1 atom stereocenters. The maximum atomic E-state index is 13.3. The van der Waals surface area contributed by atoms with Crippen LogP contribution in [0.3, 0.4) is 0 Å². The molecule has 7 nitrogen and oxygen atoms in total. The maximum Gasteiger partial charge on any atom is 0.260 e. The lowest BCUT2D eigenvalue weighted by molar-refractivity contribution is -0.137. The van der Waals surface area contributed by atoms with Crippen molar-refractivity contribution >= 4 is 29.1 Å². The summed E-state index contributed by atoms with van der Waals surface area (Å²) < 4.78 is 5.75. The molecule has 4 heterocycles. The largest absolute Gasteiger partial charge is 0.484 e. The summed E-state index contributed by atoms with van der Waals surface area (Å²) in [5.41, 5.74) is 1.11. The molecule has 0 saturated carbocycles. The van der Waals surface area contributed by atoms with Gasteiger partial charge in [0, 0.05) is 44.0 Å². The molecular formula is C27H33N3O4S. The van der Waals surface area contributed by atoms with Crippen LogP contribution < -0.4 is 4.74 Å². The number of piperidine rings is 1. The van der Waals surface area contributed by atoms with Gasteiger partial charge < -0.3 is 19.4 Å². The lowest BCUT2D eigenvalue weighted by atomic mass is 9.78.